The average molecular weight is 239 g/mol. The first-order chi connectivity index (χ1) is 7.69. The first-order valence-electron chi connectivity index (χ1n) is 4.88. The molecule has 2 aromatic rings. The Hall–Kier alpha value is -1.37. The highest BCUT2D eigenvalue weighted by Crippen LogP contribution is 2.27. The number of hydrogen-bond donors (Lipinski definition) is 4. The molecule has 5 nitrogen and oxygen atoms in total. The first-order valence-corrected chi connectivity index (χ1v) is 5.69. The van der Waals surface area contributed by atoms with E-state index in [-0.39, 0.29) is 13.2 Å². The molecule has 0 saturated heterocycles. The van der Waals surface area contributed by atoms with Gasteiger partial charge in [0, 0.05) is 12.2 Å². The molecule has 1 aromatic carbocycles. The van der Waals surface area contributed by atoms with Crippen molar-refractivity contribution in [1.82, 2.24) is 4.98 Å². The van der Waals surface area contributed by atoms with Crippen LogP contribution in [0.4, 0.5) is 10.8 Å². The third-order valence-electron chi connectivity index (χ3n) is 2.11. The van der Waals surface area contributed by atoms with Gasteiger partial charge in [0.15, 0.2) is 5.13 Å². The zero-order chi connectivity index (χ0) is 11.5. The van der Waals surface area contributed by atoms with Crippen molar-refractivity contribution in [3.05, 3.63) is 18.2 Å². The van der Waals surface area contributed by atoms with Crippen molar-refractivity contribution < 1.29 is 10.2 Å². The number of aromatic nitrogens is 1. The van der Waals surface area contributed by atoms with Crippen molar-refractivity contribution in [3.63, 3.8) is 0 Å². The lowest BCUT2D eigenvalue weighted by molar-refractivity contribution is 0.105. The topological polar surface area (TPSA) is 91.4 Å². The van der Waals surface area contributed by atoms with Crippen LogP contribution in [-0.2, 0) is 0 Å². The number of aliphatic hydroxyl groups excluding tert-OH is 2. The van der Waals surface area contributed by atoms with Crippen LogP contribution in [0.2, 0.25) is 0 Å². The summed E-state index contributed by atoms with van der Waals surface area (Å²) >= 11 is 1.47. The molecule has 86 valence electrons. The van der Waals surface area contributed by atoms with Crippen LogP contribution in [-0.4, -0.2) is 34.5 Å². The van der Waals surface area contributed by atoms with Crippen molar-refractivity contribution in [2.75, 3.05) is 24.2 Å². The molecule has 1 heterocycles. The second-order valence-corrected chi connectivity index (χ2v) is 4.49. The summed E-state index contributed by atoms with van der Waals surface area (Å²) in [6.45, 7) is 0.0245. The van der Waals surface area contributed by atoms with Crippen molar-refractivity contribution in [1.29, 1.82) is 0 Å². The molecule has 6 heteroatoms. The molecule has 0 amide bonds. The third kappa shape index (κ3) is 2.41. The van der Waals surface area contributed by atoms with Crippen molar-refractivity contribution in [2.24, 2.45) is 0 Å². The summed E-state index contributed by atoms with van der Waals surface area (Å²) in [5.74, 6) is 0. The van der Waals surface area contributed by atoms with Gasteiger partial charge in [0.1, 0.15) is 0 Å². The molecule has 16 heavy (non-hydrogen) atoms. The highest BCUT2D eigenvalue weighted by atomic mass is 32.1. The van der Waals surface area contributed by atoms with E-state index in [4.69, 9.17) is 10.8 Å². The number of rotatable bonds is 4. The predicted octanol–water partition coefficient (Wildman–Crippen LogP) is 0.644. The predicted molar refractivity (Wildman–Crippen MR) is 65.6 cm³/mol. The summed E-state index contributed by atoms with van der Waals surface area (Å²) in [4.78, 5) is 4.32. The van der Waals surface area contributed by atoms with Gasteiger partial charge >= 0.3 is 0 Å². The summed E-state index contributed by atoms with van der Waals surface area (Å²) in [6, 6.07) is 5.52. The Morgan fingerprint density at radius 1 is 1.50 bits per heavy atom. The SMILES string of the molecule is Nc1ccc2nc(NCC(O)CO)sc2c1. The molecule has 0 saturated carbocycles. The molecule has 0 aliphatic rings. The van der Waals surface area contributed by atoms with E-state index >= 15 is 0 Å². The van der Waals surface area contributed by atoms with Crippen LogP contribution in [0.1, 0.15) is 0 Å². The van der Waals surface area contributed by atoms with Gasteiger partial charge in [0.2, 0.25) is 0 Å². The fourth-order valence-electron chi connectivity index (χ4n) is 1.29. The molecule has 1 unspecified atom stereocenters. The molecule has 0 spiro atoms. The zero-order valence-corrected chi connectivity index (χ0v) is 9.37. The fourth-order valence-corrected chi connectivity index (χ4v) is 2.21. The molecule has 0 aliphatic carbocycles. The molecular formula is C10H13N3O2S. The molecule has 1 aromatic heterocycles. The standard InChI is InChI=1S/C10H13N3O2S/c11-6-1-2-8-9(3-6)16-10(13-8)12-4-7(15)5-14/h1-3,7,14-15H,4-5,11H2,(H,12,13). The van der Waals surface area contributed by atoms with E-state index in [9.17, 15) is 5.11 Å². The molecule has 0 fully saturated rings. The van der Waals surface area contributed by atoms with Gasteiger partial charge in [-0.3, -0.25) is 0 Å². The number of hydrogen-bond acceptors (Lipinski definition) is 6. The highest BCUT2D eigenvalue weighted by molar-refractivity contribution is 7.22. The number of fused-ring (bicyclic) bond motifs is 1. The number of aliphatic hydroxyl groups is 2. The minimum Gasteiger partial charge on any atom is -0.399 e. The van der Waals surface area contributed by atoms with Gasteiger partial charge in [-0.1, -0.05) is 11.3 Å². The third-order valence-corrected chi connectivity index (χ3v) is 3.09. The lowest BCUT2D eigenvalue weighted by Crippen LogP contribution is -2.22. The molecule has 2 rings (SSSR count). The fraction of sp³-hybridized carbons (Fsp3) is 0.300. The van der Waals surface area contributed by atoms with Crippen molar-refractivity contribution >= 4 is 32.4 Å². The lowest BCUT2D eigenvalue weighted by atomic mass is 10.3. The summed E-state index contributed by atoms with van der Waals surface area (Å²) < 4.78 is 1.00. The monoisotopic (exact) mass is 239 g/mol. The normalized spacial score (nSPS) is 12.9. The minimum atomic E-state index is -0.767. The molecule has 0 bridgehead atoms. The Bertz CT molecular complexity index is 486. The Labute approximate surface area is 96.5 Å². The van der Waals surface area contributed by atoms with E-state index < -0.39 is 6.10 Å². The van der Waals surface area contributed by atoms with Crippen molar-refractivity contribution in [3.8, 4) is 0 Å². The number of nitrogens with two attached hydrogens (primary N) is 1. The van der Waals surface area contributed by atoms with Crippen molar-refractivity contribution in [2.45, 2.75) is 6.10 Å². The van der Waals surface area contributed by atoms with Gasteiger partial charge in [0.05, 0.1) is 22.9 Å². The van der Waals surface area contributed by atoms with E-state index in [0.29, 0.717) is 10.8 Å². The smallest absolute Gasteiger partial charge is 0.183 e. The molecule has 0 aliphatic heterocycles. The van der Waals surface area contributed by atoms with E-state index in [1.807, 2.05) is 12.1 Å². The molecule has 5 N–H and O–H groups in total. The van der Waals surface area contributed by atoms with Crippen LogP contribution in [0, 0.1) is 0 Å². The second-order valence-electron chi connectivity index (χ2n) is 3.46. The zero-order valence-electron chi connectivity index (χ0n) is 8.55. The summed E-state index contributed by atoms with van der Waals surface area (Å²) in [6.07, 6.45) is -0.767. The Balaban J connectivity index is 2.13. The largest absolute Gasteiger partial charge is 0.399 e. The number of nitrogens with one attached hydrogen (secondary N) is 1. The summed E-state index contributed by atoms with van der Waals surface area (Å²) in [7, 11) is 0. The van der Waals surface area contributed by atoms with Crippen LogP contribution in [0.25, 0.3) is 10.2 Å². The van der Waals surface area contributed by atoms with E-state index in [2.05, 4.69) is 10.3 Å². The van der Waals surface area contributed by atoms with Gasteiger partial charge in [0.25, 0.3) is 0 Å². The summed E-state index contributed by atoms with van der Waals surface area (Å²) in [5.41, 5.74) is 7.24. The number of benzene rings is 1. The number of thiazole rings is 1. The Morgan fingerprint density at radius 2 is 2.31 bits per heavy atom. The van der Waals surface area contributed by atoms with Gasteiger partial charge in [-0.05, 0) is 18.2 Å². The number of nitrogens with zero attached hydrogens (tertiary/aromatic N) is 1. The maximum atomic E-state index is 9.18. The maximum absolute atomic E-state index is 9.18. The molecule has 0 radical (unpaired) electrons. The van der Waals surface area contributed by atoms with E-state index in [1.54, 1.807) is 6.07 Å². The van der Waals surface area contributed by atoms with E-state index in [0.717, 1.165) is 10.2 Å². The molecular weight excluding hydrogens is 226 g/mol. The molecule has 1 atom stereocenters. The Morgan fingerprint density at radius 3 is 3.06 bits per heavy atom. The number of nitrogen functional groups attached to an aromatic ring is 1. The summed E-state index contributed by atoms with van der Waals surface area (Å²) in [5, 5.41) is 21.5. The van der Waals surface area contributed by atoms with Crippen LogP contribution in [0.15, 0.2) is 18.2 Å². The average Bonchev–Trinajstić information content (AvgIpc) is 2.67. The van der Waals surface area contributed by atoms with Crippen LogP contribution >= 0.6 is 11.3 Å². The van der Waals surface area contributed by atoms with Gasteiger partial charge in [-0.15, -0.1) is 0 Å². The van der Waals surface area contributed by atoms with Gasteiger partial charge in [-0.2, -0.15) is 0 Å². The van der Waals surface area contributed by atoms with E-state index in [1.165, 1.54) is 11.3 Å². The second kappa shape index (κ2) is 4.65. The minimum absolute atomic E-state index is 0.259. The first kappa shape index (κ1) is 11.1. The lowest BCUT2D eigenvalue weighted by Gasteiger charge is -2.06. The Kier molecular flexibility index (Phi) is 3.23. The van der Waals surface area contributed by atoms with Crippen LogP contribution in [0.3, 0.4) is 0 Å². The van der Waals surface area contributed by atoms with Gasteiger partial charge < -0.3 is 21.3 Å². The van der Waals surface area contributed by atoms with Crippen LogP contribution < -0.4 is 11.1 Å². The van der Waals surface area contributed by atoms with Gasteiger partial charge in [-0.25, -0.2) is 4.98 Å². The quantitative estimate of drug-likeness (QED) is 0.588. The number of anilines is 2. The van der Waals surface area contributed by atoms with Crippen LogP contribution in [0.5, 0.6) is 0 Å². The maximum Gasteiger partial charge on any atom is 0.183 e. The highest BCUT2D eigenvalue weighted by Gasteiger charge is 2.06.